The Morgan fingerprint density at radius 3 is 2.63 bits per heavy atom. The first kappa shape index (κ1) is 19.4. The maximum Gasteiger partial charge on any atom is 0.263 e. The summed E-state index contributed by atoms with van der Waals surface area (Å²) >= 11 is 5.99. The Hall–Kier alpha value is -2.40. The largest absolute Gasteiger partial charge is 0.493 e. The van der Waals surface area contributed by atoms with E-state index in [-0.39, 0.29) is 11.9 Å². The van der Waals surface area contributed by atoms with Crippen molar-refractivity contribution in [3.05, 3.63) is 53.1 Å². The molecule has 2 aromatic carbocycles. The monoisotopic (exact) mass is 389 g/mol. The van der Waals surface area contributed by atoms with E-state index in [0.717, 1.165) is 18.4 Å². The molecule has 6 heteroatoms. The number of carbonyl (C=O) groups excluding carboxylic acids is 1. The summed E-state index contributed by atoms with van der Waals surface area (Å²) in [5, 5.41) is 0.580. The van der Waals surface area contributed by atoms with Crippen LogP contribution in [0, 0.1) is 0 Å². The van der Waals surface area contributed by atoms with E-state index in [1.165, 1.54) is 0 Å². The number of carbonyl (C=O) groups is 1. The smallest absolute Gasteiger partial charge is 0.263 e. The van der Waals surface area contributed by atoms with E-state index >= 15 is 0 Å². The van der Waals surface area contributed by atoms with Gasteiger partial charge < -0.3 is 19.1 Å². The maximum absolute atomic E-state index is 13.0. The van der Waals surface area contributed by atoms with Gasteiger partial charge in [0, 0.05) is 11.6 Å². The highest BCUT2D eigenvalue weighted by molar-refractivity contribution is 6.30. The van der Waals surface area contributed by atoms with Gasteiger partial charge in [-0.1, -0.05) is 23.7 Å². The number of halogens is 1. The molecule has 0 radical (unpaired) electrons. The standard InChI is InChI=1S/C21H24ClNO4/c1-14(27-17-7-4-6-16(22)13-17)21(24)23-11-5-8-18(23)15-9-10-19(25-2)20(12-15)26-3/h4,6-7,9-10,12-14,18H,5,8,11H2,1-3H3. The van der Waals surface area contributed by atoms with Crippen LogP contribution >= 0.6 is 11.6 Å². The van der Waals surface area contributed by atoms with E-state index in [9.17, 15) is 4.79 Å². The van der Waals surface area contributed by atoms with Crippen molar-refractivity contribution in [2.24, 2.45) is 0 Å². The second-order valence-corrected chi connectivity index (χ2v) is 6.96. The minimum absolute atomic E-state index is 0.00252. The van der Waals surface area contributed by atoms with E-state index in [1.54, 1.807) is 45.4 Å². The fourth-order valence-corrected chi connectivity index (χ4v) is 3.65. The number of benzene rings is 2. The zero-order valence-electron chi connectivity index (χ0n) is 15.8. The fourth-order valence-electron chi connectivity index (χ4n) is 3.47. The van der Waals surface area contributed by atoms with E-state index < -0.39 is 6.10 Å². The first-order valence-corrected chi connectivity index (χ1v) is 9.36. The summed E-state index contributed by atoms with van der Waals surface area (Å²) in [6.45, 7) is 2.48. The third kappa shape index (κ3) is 4.30. The van der Waals surface area contributed by atoms with Crippen molar-refractivity contribution in [2.45, 2.75) is 31.9 Å². The Morgan fingerprint density at radius 1 is 1.15 bits per heavy atom. The van der Waals surface area contributed by atoms with Crippen molar-refractivity contribution in [3.8, 4) is 17.2 Å². The van der Waals surface area contributed by atoms with Gasteiger partial charge in [-0.05, 0) is 55.7 Å². The first-order valence-electron chi connectivity index (χ1n) is 8.98. The molecule has 1 heterocycles. The number of ether oxygens (including phenoxy) is 3. The number of methoxy groups -OCH3 is 2. The average molecular weight is 390 g/mol. The molecule has 1 amide bonds. The SMILES string of the molecule is COc1ccc(C2CCCN2C(=O)C(C)Oc2cccc(Cl)c2)cc1OC. The van der Waals surface area contributed by atoms with Crippen LogP contribution in [0.15, 0.2) is 42.5 Å². The number of hydrogen-bond donors (Lipinski definition) is 0. The molecule has 0 aliphatic carbocycles. The van der Waals surface area contributed by atoms with Crippen LogP contribution in [0.4, 0.5) is 0 Å². The van der Waals surface area contributed by atoms with Crippen LogP contribution in [-0.4, -0.2) is 37.7 Å². The van der Waals surface area contributed by atoms with Gasteiger partial charge in [0.25, 0.3) is 5.91 Å². The van der Waals surface area contributed by atoms with Gasteiger partial charge in [-0.25, -0.2) is 0 Å². The molecule has 1 aliphatic rings. The highest BCUT2D eigenvalue weighted by Crippen LogP contribution is 2.37. The highest BCUT2D eigenvalue weighted by Gasteiger charge is 2.33. The van der Waals surface area contributed by atoms with Gasteiger partial charge in [0.1, 0.15) is 5.75 Å². The zero-order chi connectivity index (χ0) is 19.4. The van der Waals surface area contributed by atoms with Crippen LogP contribution in [0.2, 0.25) is 5.02 Å². The molecular formula is C21H24ClNO4. The second-order valence-electron chi connectivity index (χ2n) is 6.52. The van der Waals surface area contributed by atoms with Crippen LogP contribution in [-0.2, 0) is 4.79 Å². The predicted octanol–water partition coefficient (Wildman–Crippen LogP) is 4.49. The summed E-state index contributed by atoms with van der Waals surface area (Å²) < 4.78 is 16.5. The molecule has 144 valence electrons. The van der Waals surface area contributed by atoms with Crippen LogP contribution in [0.5, 0.6) is 17.2 Å². The molecule has 0 spiro atoms. The lowest BCUT2D eigenvalue weighted by Gasteiger charge is -2.28. The third-order valence-electron chi connectivity index (χ3n) is 4.78. The van der Waals surface area contributed by atoms with Crippen molar-refractivity contribution >= 4 is 17.5 Å². The quantitative estimate of drug-likeness (QED) is 0.730. The first-order chi connectivity index (χ1) is 13.0. The number of hydrogen-bond acceptors (Lipinski definition) is 4. The second kappa shape index (κ2) is 8.53. The highest BCUT2D eigenvalue weighted by atomic mass is 35.5. The average Bonchev–Trinajstić information content (AvgIpc) is 3.16. The van der Waals surface area contributed by atoms with E-state index in [4.69, 9.17) is 25.8 Å². The summed E-state index contributed by atoms with van der Waals surface area (Å²) in [5.74, 6) is 1.89. The van der Waals surface area contributed by atoms with Gasteiger partial charge in [-0.2, -0.15) is 0 Å². The van der Waals surface area contributed by atoms with Crippen LogP contribution < -0.4 is 14.2 Å². The molecule has 0 aromatic heterocycles. The van der Waals surface area contributed by atoms with Crippen LogP contribution in [0.1, 0.15) is 31.4 Å². The predicted molar refractivity (Wildman–Crippen MR) is 105 cm³/mol. The molecule has 3 rings (SSSR count). The topological polar surface area (TPSA) is 48.0 Å². The Kier molecular flexibility index (Phi) is 6.11. The number of likely N-dealkylation sites (tertiary alicyclic amines) is 1. The molecule has 2 aromatic rings. The van der Waals surface area contributed by atoms with Gasteiger partial charge in [0.15, 0.2) is 17.6 Å². The Labute approximate surface area is 164 Å². The molecule has 0 saturated carbocycles. The lowest BCUT2D eigenvalue weighted by Crippen LogP contribution is -2.40. The zero-order valence-corrected chi connectivity index (χ0v) is 16.5. The molecule has 1 saturated heterocycles. The Morgan fingerprint density at radius 2 is 1.93 bits per heavy atom. The molecule has 0 bridgehead atoms. The molecule has 1 fully saturated rings. The normalized spacial score (nSPS) is 17.5. The van der Waals surface area contributed by atoms with E-state index in [1.807, 2.05) is 23.1 Å². The maximum atomic E-state index is 13.0. The number of amides is 1. The lowest BCUT2D eigenvalue weighted by atomic mass is 10.0. The van der Waals surface area contributed by atoms with Crippen molar-refractivity contribution < 1.29 is 19.0 Å². The molecule has 1 aliphatic heterocycles. The molecule has 2 atom stereocenters. The molecular weight excluding hydrogens is 366 g/mol. The summed E-state index contributed by atoms with van der Waals surface area (Å²) in [4.78, 5) is 14.9. The van der Waals surface area contributed by atoms with Crippen molar-refractivity contribution in [1.82, 2.24) is 4.90 Å². The van der Waals surface area contributed by atoms with Crippen molar-refractivity contribution in [2.75, 3.05) is 20.8 Å². The number of rotatable bonds is 6. The van der Waals surface area contributed by atoms with Gasteiger partial charge in [0.05, 0.1) is 20.3 Å². The van der Waals surface area contributed by atoms with Crippen LogP contribution in [0.25, 0.3) is 0 Å². The summed E-state index contributed by atoms with van der Waals surface area (Å²) in [6.07, 6.45) is 1.27. The van der Waals surface area contributed by atoms with E-state index in [2.05, 4.69) is 0 Å². The third-order valence-corrected chi connectivity index (χ3v) is 5.02. The van der Waals surface area contributed by atoms with Crippen molar-refractivity contribution in [3.63, 3.8) is 0 Å². The van der Waals surface area contributed by atoms with Gasteiger partial charge in [-0.15, -0.1) is 0 Å². The van der Waals surface area contributed by atoms with Gasteiger partial charge in [-0.3, -0.25) is 4.79 Å². The minimum Gasteiger partial charge on any atom is -0.493 e. The molecule has 27 heavy (non-hydrogen) atoms. The lowest BCUT2D eigenvalue weighted by molar-refractivity contribution is -0.138. The number of nitrogens with zero attached hydrogens (tertiary/aromatic N) is 1. The van der Waals surface area contributed by atoms with E-state index in [0.29, 0.717) is 28.8 Å². The molecule has 5 nitrogen and oxygen atoms in total. The van der Waals surface area contributed by atoms with Crippen molar-refractivity contribution in [1.29, 1.82) is 0 Å². The molecule has 0 N–H and O–H groups in total. The fraction of sp³-hybridized carbons (Fsp3) is 0.381. The van der Waals surface area contributed by atoms with Gasteiger partial charge in [0.2, 0.25) is 0 Å². The summed E-state index contributed by atoms with van der Waals surface area (Å²) in [6, 6.07) is 12.9. The summed E-state index contributed by atoms with van der Waals surface area (Å²) in [5.41, 5.74) is 1.04. The minimum atomic E-state index is -0.593. The van der Waals surface area contributed by atoms with Gasteiger partial charge >= 0.3 is 0 Å². The Balaban J connectivity index is 1.76. The molecule has 2 unspecified atom stereocenters. The summed E-state index contributed by atoms with van der Waals surface area (Å²) in [7, 11) is 3.22. The Bertz CT molecular complexity index is 811. The van der Waals surface area contributed by atoms with Crippen LogP contribution in [0.3, 0.4) is 0 Å².